The second-order valence-corrected chi connectivity index (χ2v) is 10.1. The molecule has 156 valence electrons. The van der Waals surface area contributed by atoms with Gasteiger partial charge in [-0.25, -0.2) is 4.98 Å². The lowest BCUT2D eigenvalue weighted by molar-refractivity contribution is -0.138. The number of para-hydroxylation sites is 1. The fourth-order valence-electron chi connectivity index (χ4n) is 4.69. The molecule has 5 nitrogen and oxygen atoms in total. The molecular formula is C23H25N3O2S2. The highest BCUT2D eigenvalue weighted by atomic mass is 32.1. The second-order valence-electron chi connectivity index (χ2n) is 8.11. The summed E-state index contributed by atoms with van der Waals surface area (Å²) in [5.74, 6) is 0.567. The lowest BCUT2D eigenvalue weighted by Gasteiger charge is -2.38. The summed E-state index contributed by atoms with van der Waals surface area (Å²) in [6.07, 6.45) is 4.24. The maximum absolute atomic E-state index is 13.5. The van der Waals surface area contributed by atoms with Crippen LogP contribution in [0.3, 0.4) is 0 Å². The number of carbonyl (C=O) groups excluding carboxylic acids is 2. The van der Waals surface area contributed by atoms with E-state index in [2.05, 4.69) is 12.1 Å². The van der Waals surface area contributed by atoms with Crippen LogP contribution >= 0.6 is 22.7 Å². The summed E-state index contributed by atoms with van der Waals surface area (Å²) in [4.78, 5) is 35.6. The van der Waals surface area contributed by atoms with Crippen molar-refractivity contribution in [3.05, 3.63) is 51.7 Å². The molecule has 3 heterocycles. The van der Waals surface area contributed by atoms with Gasteiger partial charge in [0.05, 0.1) is 20.1 Å². The summed E-state index contributed by atoms with van der Waals surface area (Å²) < 4.78 is 1.20. The van der Waals surface area contributed by atoms with Crippen molar-refractivity contribution in [3.8, 4) is 0 Å². The first-order valence-electron chi connectivity index (χ1n) is 10.7. The van der Waals surface area contributed by atoms with Crippen LogP contribution in [0, 0.1) is 5.92 Å². The summed E-state index contributed by atoms with van der Waals surface area (Å²) in [5, 5.41) is 3.04. The van der Waals surface area contributed by atoms with Crippen LogP contribution in [0.15, 0.2) is 41.8 Å². The minimum atomic E-state index is 0.0128. The number of benzene rings is 1. The van der Waals surface area contributed by atoms with Gasteiger partial charge in [-0.1, -0.05) is 31.0 Å². The molecule has 30 heavy (non-hydrogen) atoms. The van der Waals surface area contributed by atoms with Crippen LogP contribution in [0.5, 0.6) is 0 Å². The van der Waals surface area contributed by atoms with Gasteiger partial charge < -0.3 is 9.80 Å². The molecule has 5 rings (SSSR count). The lowest BCUT2D eigenvalue weighted by atomic mass is 9.78. The Labute approximate surface area is 184 Å². The third-order valence-corrected chi connectivity index (χ3v) is 8.35. The molecule has 0 N–H and O–H groups in total. The van der Waals surface area contributed by atoms with Crippen LogP contribution in [0.25, 0.3) is 10.2 Å². The molecule has 1 saturated heterocycles. The minimum Gasteiger partial charge on any atom is -0.339 e. The number of nitrogens with zero attached hydrogens (tertiary/aromatic N) is 3. The fraction of sp³-hybridized carbons (Fsp3) is 0.435. The molecule has 0 spiro atoms. The van der Waals surface area contributed by atoms with Gasteiger partial charge in [0.1, 0.15) is 0 Å². The Hall–Kier alpha value is -2.25. The van der Waals surface area contributed by atoms with E-state index in [4.69, 9.17) is 4.98 Å². The third kappa shape index (κ3) is 3.76. The minimum absolute atomic E-state index is 0.0128. The van der Waals surface area contributed by atoms with Gasteiger partial charge in [-0.15, -0.1) is 22.7 Å². The van der Waals surface area contributed by atoms with Crippen LogP contribution in [-0.2, 0) is 4.79 Å². The molecule has 2 amide bonds. The molecule has 1 saturated carbocycles. The van der Waals surface area contributed by atoms with Crippen LogP contribution < -0.4 is 0 Å². The molecule has 0 radical (unpaired) electrons. The van der Waals surface area contributed by atoms with Crippen molar-refractivity contribution in [1.82, 2.24) is 14.8 Å². The molecule has 1 aliphatic carbocycles. The number of carbonyl (C=O) groups is 2. The topological polar surface area (TPSA) is 53.5 Å². The molecule has 2 aromatic heterocycles. The number of thiophene rings is 1. The number of hydrogen-bond acceptors (Lipinski definition) is 5. The second kappa shape index (κ2) is 8.47. The Kier molecular flexibility index (Phi) is 5.56. The maximum Gasteiger partial charge on any atom is 0.264 e. The largest absolute Gasteiger partial charge is 0.339 e. The average molecular weight is 440 g/mol. The number of aromatic nitrogens is 1. The van der Waals surface area contributed by atoms with Crippen molar-refractivity contribution in [2.75, 3.05) is 26.2 Å². The van der Waals surface area contributed by atoms with Gasteiger partial charge in [-0.3, -0.25) is 9.59 Å². The van der Waals surface area contributed by atoms with Crippen molar-refractivity contribution in [1.29, 1.82) is 0 Å². The number of fused-ring (bicyclic) bond motifs is 1. The zero-order chi connectivity index (χ0) is 20.5. The summed E-state index contributed by atoms with van der Waals surface area (Å²) >= 11 is 3.22. The molecule has 2 aliphatic rings. The lowest BCUT2D eigenvalue weighted by Crippen LogP contribution is -2.52. The summed E-state index contributed by atoms with van der Waals surface area (Å²) in [7, 11) is 0. The SMILES string of the molecule is O=C(c1cccs1)N1CCN(C(=O)C2CCCCC2c2nc3ccccc3s2)CC1. The van der Waals surface area contributed by atoms with Gasteiger partial charge in [0.2, 0.25) is 5.91 Å². The van der Waals surface area contributed by atoms with Crippen molar-refractivity contribution >= 4 is 44.7 Å². The highest BCUT2D eigenvalue weighted by molar-refractivity contribution is 7.18. The molecule has 7 heteroatoms. The van der Waals surface area contributed by atoms with Gasteiger partial charge in [0.25, 0.3) is 5.91 Å². The standard InChI is InChI=1S/C23H25N3O2S2/c27-22(25-11-13-26(14-12-25)23(28)20-10-5-15-29-20)17-7-2-1-6-16(17)21-24-18-8-3-4-9-19(18)30-21/h3-5,8-10,15-17H,1-2,6-7,11-14H2. The smallest absolute Gasteiger partial charge is 0.264 e. The number of thiazole rings is 1. The molecular weight excluding hydrogens is 414 g/mol. The summed E-state index contributed by atoms with van der Waals surface area (Å²) in [6, 6.07) is 12.0. The Balaban J connectivity index is 1.28. The number of hydrogen-bond donors (Lipinski definition) is 0. The Morgan fingerprint density at radius 3 is 2.47 bits per heavy atom. The van der Waals surface area contributed by atoms with Crippen LogP contribution in [0.1, 0.15) is 46.3 Å². The van der Waals surface area contributed by atoms with Crippen LogP contribution in [0.4, 0.5) is 0 Å². The Bertz CT molecular complexity index is 1000. The molecule has 2 fully saturated rings. The molecule has 1 aliphatic heterocycles. The van der Waals surface area contributed by atoms with E-state index in [1.807, 2.05) is 39.4 Å². The van der Waals surface area contributed by atoms with Crippen molar-refractivity contribution < 1.29 is 9.59 Å². The van der Waals surface area contributed by atoms with Gasteiger partial charge in [-0.05, 0) is 36.4 Å². The van der Waals surface area contributed by atoms with Gasteiger partial charge in [-0.2, -0.15) is 0 Å². The quantitative estimate of drug-likeness (QED) is 0.599. The predicted octanol–water partition coefficient (Wildman–Crippen LogP) is 4.62. The zero-order valence-electron chi connectivity index (χ0n) is 16.8. The zero-order valence-corrected chi connectivity index (χ0v) is 18.5. The Morgan fingerprint density at radius 2 is 1.70 bits per heavy atom. The van der Waals surface area contributed by atoms with E-state index < -0.39 is 0 Å². The summed E-state index contributed by atoms with van der Waals surface area (Å²) in [5.41, 5.74) is 1.04. The van der Waals surface area contributed by atoms with Gasteiger partial charge in [0.15, 0.2) is 0 Å². The average Bonchev–Trinajstić information content (AvgIpc) is 3.48. The van der Waals surface area contributed by atoms with Crippen molar-refractivity contribution in [2.24, 2.45) is 5.92 Å². The van der Waals surface area contributed by atoms with E-state index in [0.717, 1.165) is 41.1 Å². The van der Waals surface area contributed by atoms with E-state index in [0.29, 0.717) is 26.2 Å². The van der Waals surface area contributed by atoms with Crippen LogP contribution in [0.2, 0.25) is 0 Å². The monoisotopic (exact) mass is 439 g/mol. The normalized spacial score (nSPS) is 22.4. The van der Waals surface area contributed by atoms with Gasteiger partial charge in [0, 0.05) is 38.0 Å². The first-order chi connectivity index (χ1) is 14.7. The predicted molar refractivity (Wildman–Crippen MR) is 121 cm³/mol. The molecule has 2 atom stereocenters. The molecule has 0 bridgehead atoms. The highest BCUT2D eigenvalue weighted by Crippen LogP contribution is 2.41. The first kappa shape index (κ1) is 19.7. The van der Waals surface area contributed by atoms with Crippen molar-refractivity contribution in [3.63, 3.8) is 0 Å². The number of rotatable bonds is 3. The fourth-order valence-corrected chi connectivity index (χ4v) is 6.55. The molecule has 2 unspecified atom stereocenters. The number of piperazine rings is 1. The molecule has 1 aromatic carbocycles. The van der Waals surface area contributed by atoms with Crippen molar-refractivity contribution in [2.45, 2.75) is 31.6 Å². The van der Waals surface area contributed by atoms with E-state index in [1.165, 1.54) is 16.0 Å². The first-order valence-corrected chi connectivity index (χ1v) is 12.4. The third-order valence-electron chi connectivity index (χ3n) is 6.32. The highest BCUT2D eigenvalue weighted by Gasteiger charge is 2.37. The maximum atomic E-state index is 13.5. The number of amides is 2. The van der Waals surface area contributed by atoms with E-state index >= 15 is 0 Å². The van der Waals surface area contributed by atoms with Crippen LogP contribution in [-0.4, -0.2) is 52.8 Å². The van der Waals surface area contributed by atoms with E-state index in [1.54, 1.807) is 11.3 Å². The summed E-state index contributed by atoms with van der Waals surface area (Å²) in [6.45, 7) is 2.47. The van der Waals surface area contributed by atoms with E-state index in [9.17, 15) is 9.59 Å². The van der Waals surface area contributed by atoms with Gasteiger partial charge >= 0.3 is 0 Å². The molecule has 3 aromatic rings. The Morgan fingerprint density at radius 1 is 0.933 bits per heavy atom. The van der Waals surface area contributed by atoms with E-state index in [-0.39, 0.29) is 23.7 Å².